The summed E-state index contributed by atoms with van der Waals surface area (Å²) < 4.78 is 13.3. The second kappa shape index (κ2) is 5.45. The van der Waals surface area contributed by atoms with Crippen LogP contribution in [0.4, 0.5) is 4.39 Å². The zero-order valence-corrected chi connectivity index (χ0v) is 9.61. The molecular formula is C11H15ClFNO. The molecule has 1 aromatic rings. The van der Waals surface area contributed by atoms with Gasteiger partial charge in [0.25, 0.3) is 0 Å². The summed E-state index contributed by atoms with van der Waals surface area (Å²) >= 11 is 6.01. The molecule has 0 fully saturated rings. The number of aliphatic hydroxyl groups is 1. The molecule has 2 nitrogen and oxygen atoms in total. The van der Waals surface area contributed by atoms with Crippen molar-refractivity contribution in [2.24, 2.45) is 0 Å². The van der Waals surface area contributed by atoms with E-state index < -0.39 is 0 Å². The molecule has 0 saturated carbocycles. The Kier molecular flexibility index (Phi) is 4.51. The maximum atomic E-state index is 13.3. The van der Waals surface area contributed by atoms with E-state index >= 15 is 0 Å². The van der Waals surface area contributed by atoms with Gasteiger partial charge in [-0.15, -0.1) is 0 Å². The van der Waals surface area contributed by atoms with Crippen LogP contribution in [0.25, 0.3) is 0 Å². The fraction of sp³-hybridized carbons (Fsp3) is 0.455. The van der Waals surface area contributed by atoms with E-state index in [-0.39, 0.29) is 18.3 Å². The quantitative estimate of drug-likeness (QED) is 0.832. The Hall–Kier alpha value is -0.640. The average Bonchev–Trinajstić information content (AvgIpc) is 2.20. The number of likely N-dealkylation sites (N-methyl/N-ethyl adjacent to an activating group) is 1. The van der Waals surface area contributed by atoms with Crippen LogP contribution in [0, 0.1) is 12.7 Å². The minimum atomic E-state index is -0.288. The molecule has 0 aliphatic heterocycles. The topological polar surface area (TPSA) is 32.3 Å². The highest BCUT2D eigenvalue weighted by Crippen LogP contribution is 2.26. The molecule has 1 rings (SSSR count). The summed E-state index contributed by atoms with van der Waals surface area (Å²) in [6.07, 6.45) is 0. The first-order chi connectivity index (χ1) is 7.10. The predicted octanol–water partition coefficient (Wildman–Crippen LogP) is 2.08. The van der Waals surface area contributed by atoms with Crippen molar-refractivity contribution in [2.75, 3.05) is 20.2 Å². The first kappa shape index (κ1) is 12.4. The van der Waals surface area contributed by atoms with Crippen LogP contribution < -0.4 is 5.32 Å². The first-order valence-electron chi connectivity index (χ1n) is 4.81. The van der Waals surface area contributed by atoms with Crippen LogP contribution in [-0.4, -0.2) is 25.3 Å². The summed E-state index contributed by atoms with van der Waals surface area (Å²) in [7, 11) is 1.78. The number of benzene rings is 1. The second-order valence-electron chi connectivity index (χ2n) is 3.56. The van der Waals surface area contributed by atoms with E-state index in [1.807, 2.05) is 0 Å². The van der Waals surface area contributed by atoms with Gasteiger partial charge in [0.05, 0.1) is 6.61 Å². The summed E-state index contributed by atoms with van der Waals surface area (Å²) in [4.78, 5) is 0. The highest BCUT2D eigenvalue weighted by molar-refractivity contribution is 6.31. The van der Waals surface area contributed by atoms with Gasteiger partial charge in [-0.05, 0) is 37.2 Å². The zero-order valence-electron chi connectivity index (χ0n) is 8.85. The molecule has 1 unspecified atom stereocenters. The Morgan fingerprint density at radius 2 is 2.20 bits per heavy atom. The van der Waals surface area contributed by atoms with Crippen molar-refractivity contribution in [2.45, 2.75) is 12.8 Å². The Labute approximate surface area is 94.1 Å². The number of aliphatic hydroxyl groups excluding tert-OH is 1. The van der Waals surface area contributed by atoms with Crippen LogP contribution in [0.5, 0.6) is 0 Å². The molecule has 0 aliphatic rings. The molecule has 84 valence electrons. The van der Waals surface area contributed by atoms with Crippen LogP contribution in [0.1, 0.15) is 17.0 Å². The van der Waals surface area contributed by atoms with Crippen molar-refractivity contribution in [3.8, 4) is 0 Å². The molecule has 0 heterocycles. The summed E-state index contributed by atoms with van der Waals surface area (Å²) in [5, 5.41) is 12.6. The van der Waals surface area contributed by atoms with Gasteiger partial charge in [-0.3, -0.25) is 0 Å². The zero-order chi connectivity index (χ0) is 11.4. The van der Waals surface area contributed by atoms with Crippen molar-refractivity contribution in [1.82, 2.24) is 5.32 Å². The fourth-order valence-corrected chi connectivity index (χ4v) is 1.87. The van der Waals surface area contributed by atoms with E-state index in [0.29, 0.717) is 22.7 Å². The van der Waals surface area contributed by atoms with Crippen molar-refractivity contribution in [3.63, 3.8) is 0 Å². The molecule has 0 amide bonds. The molecule has 1 aromatic carbocycles. The third-order valence-electron chi connectivity index (χ3n) is 2.39. The molecule has 0 bridgehead atoms. The molecule has 15 heavy (non-hydrogen) atoms. The van der Waals surface area contributed by atoms with Crippen LogP contribution in [0.2, 0.25) is 5.02 Å². The molecule has 0 aliphatic carbocycles. The normalized spacial score (nSPS) is 12.9. The fourth-order valence-electron chi connectivity index (χ4n) is 1.49. The lowest BCUT2D eigenvalue weighted by molar-refractivity contribution is 0.263. The van der Waals surface area contributed by atoms with Gasteiger partial charge in [-0.1, -0.05) is 11.6 Å². The van der Waals surface area contributed by atoms with Gasteiger partial charge in [-0.25, -0.2) is 4.39 Å². The Morgan fingerprint density at radius 1 is 1.53 bits per heavy atom. The van der Waals surface area contributed by atoms with Gasteiger partial charge in [0, 0.05) is 17.5 Å². The average molecular weight is 232 g/mol. The van der Waals surface area contributed by atoms with E-state index in [1.54, 1.807) is 20.0 Å². The van der Waals surface area contributed by atoms with Gasteiger partial charge in [0.15, 0.2) is 0 Å². The van der Waals surface area contributed by atoms with Crippen LogP contribution in [-0.2, 0) is 0 Å². The van der Waals surface area contributed by atoms with E-state index in [2.05, 4.69) is 5.32 Å². The molecule has 0 spiro atoms. The molecule has 0 radical (unpaired) electrons. The van der Waals surface area contributed by atoms with Gasteiger partial charge < -0.3 is 10.4 Å². The van der Waals surface area contributed by atoms with Gasteiger partial charge in [-0.2, -0.15) is 0 Å². The number of hydrogen-bond donors (Lipinski definition) is 2. The Morgan fingerprint density at radius 3 is 2.73 bits per heavy atom. The lowest BCUT2D eigenvalue weighted by atomic mass is 9.98. The molecule has 4 heteroatoms. The van der Waals surface area contributed by atoms with Crippen LogP contribution in [0.15, 0.2) is 12.1 Å². The Bertz CT molecular complexity index is 344. The Balaban J connectivity index is 3.06. The SMILES string of the molecule is CNCC(CO)c1cc(F)c(C)cc1Cl. The van der Waals surface area contributed by atoms with E-state index in [4.69, 9.17) is 11.6 Å². The third-order valence-corrected chi connectivity index (χ3v) is 2.72. The lowest BCUT2D eigenvalue weighted by Gasteiger charge is -2.16. The number of hydrogen-bond acceptors (Lipinski definition) is 2. The summed E-state index contributed by atoms with van der Waals surface area (Å²) in [6.45, 7) is 2.18. The molecule has 2 N–H and O–H groups in total. The molecule has 0 saturated heterocycles. The van der Waals surface area contributed by atoms with Gasteiger partial charge in [0.2, 0.25) is 0 Å². The number of rotatable bonds is 4. The second-order valence-corrected chi connectivity index (χ2v) is 3.97. The van der Waals surface area contributed by atoms with Crippen molar-refractivity contribution >= 4 is 11.6 Å². The van der Waals surface area contributed by atoms with Gasteiger partial charge >= 0.3 is 0 Å². The van der Waals surface area contributed by atoms with Crippen molar-refractivity contribution in [1.29, 1.82) is 0 Å². The van der Waals surface area contributed by atoms with Crippen molar-refractivity contribution < 1.29 is 9.50 Å². The third kappa shape index (κ3) is 2.91. The summed E-state index contributed by atoms with van der Waals surface area (Å²) in [6, 6.07) is 2.99. The van der Waals surface area contributed by atoms with E-state index in [0.717, 1.165) is 0 Å². The molecule has 0 aromatic heterocycles. The smallest absolute Gasteiger partial charge is 0.126 e. The van der Waals surface area contributed by atoms with Crippen LogP contribution >= 0.6 is 11.6 Å². The predicted molar refractivity (Wildman–Crippen MR) is 59.9 cm³/mol. The first-order valence-corrected chi connectivity index (χ1v) is 5.19. The maximum Gasteiger partial charge on any atom is 0.126 e. The molecular weight excluding hydrogens is 217 g/mol. The maximum absolute atomic E-state index is 13.3. The van der Waals surface area contributed by atoms with E-state index in [1.165, 1.54) is 6.07 Å². The number of halogens is 2. The van der Waals surface area contributed by atoms with E-state index in [9.17, 15) is 9.50 Å². The number of nitrogens with one attached hydrogen (secondary N) is 1. The monoisotopic (exact) mass is 231 g/mol. The minimum absolute atomic E-state index is 0.0525. The highest BCUT2D eigenvalue weighted by atomic mass is 35.5. The number of aryl methyl sites for hydroxylation is 1. The minimum Gasteiger partial charge on any atom is -0.396 e. The standard InChI is InChI=1S/C11H15ClFNO/c1-7-3-10(12)9(4-11(7)13)8(6-15)5-14-2/h3-4,8,14-15H,5-6H2,1-2H3. The molecule has 1 atom stereocenters. The van der Waals surface area contributed by atoms with Crippen molar-refractivity contribution in [3.05, 3.63) is 34.1 Å². The summed E-state index contributed by atoms with van der Waals surface area (Å²) in [5.41, 5.74) is 1.17. The summed E-state index contributed by atoms with van der Waals surface area (Å²) in [5.74, 6) is -0.457. The lowest BCUT2D eigenvalue weighted by Crippen LogP contribution is -2.20. The van der Waals surface area contributed by atoms with Gasteiger partial charge in [0.1, 0.15) is 5.82 Å². The largest absolute Gasteiger partial charge is 0.396 e. The highest BCUT2D eigenvalue weighted by Gasteiger charge is 2.15. The van der Waals surface area contributed by atoms with Crippen LogP contribution in [0.3, 0.4) is 0 Å².